The van der Waals surface area contributed by atoms with Crippen LogP contribution in [0.25, 0.3) is 22.3 Å². The van der Waals surface area contributed by atoms with E-state index in [0.717, 1.165) is 12.1 Å². The molecule has 0 aliphatic carbocycles. The Morgan fingerprint density at radius 2 is 1.14 bits per heavy atom. The quantitative estimate of drug-likeness (QED) is 0.0856. The van der Waals surface area contributed by atoms with Crippen molar-refractivity contribution < 1.29 is 114 Å². The van der Waals surface area contributed by atoms with Crippen LogP contribution >= 0.6 is 0 Å². The minimum Gasteiger partial charge on any atom is -0.508 e. The van der Waals surface area contributed by atoms with Crippen molar-refractivity contribution in [3.8, 4) is 34.3 Å². The molecule has 0 amide bonds. The van der Waals surface area contributed by atoms with Gasteiger partial charge in [-0.1, -0.05) is 0 Å². The summed E-state index contributed by atoms with van der Waals surface area (Å²) >= 11 is 0. The van der Waals surface area contributed by atoms with Gasteiger partial charge < -0.3 is 114 Å². The molecule has 4 aliphatic heterocycles. The van der Waals surface area contributed by atoms with Gasteiger partial charge in [-0.05, 0) is 38.1 Å². The normalized spacial score (nSPS) is 41.0. The van der Waals surface area contributed by atoms with Crippen molar-refractivity contribution in [1.82, 2.24) is 0 Å². The highest BCUT2D eigenvalue weighted by Gasteiger charge is 2.53. The summed E-state index contributed by atoms with van der Waals surface area (Å²) in [5.41, 5.74) is -1.43. The minimum atomic E-state index is -2.12. The molecular formula is C39H50O24. The van der Waals surface area contributed by atoms with E-state index in [9.17, 15) is 76.3 Å². The summed E-state index contributed by atoms with van der Waals surface area (Å²) in [4.78, 5) is 14.5. The van der Waals surface area contributed by atoms with Crippen LogP contribution in [-0.2, 0) is 28.4 Å². The third-order valence-electron chi connectivity index (χ3n) is 11.3. The van der Waals surface area contributed by atoms with Gasteiger partial charge in [-0.25, -0.2) is 0 Å². The van der Waals surface area contributed by atoms with Crippen molar-refractivity contribution in [2.45, 2.75) is 137 Å². The lowest BCUT2D eigenvalue weighted by Crippen LogP contribution is -2.65. The number of aliphatic hydroxyl groups excluding tert-OH is 12. The number of ether oxygens (including phenoxy) is 8. The van der Waals surface area contributed by atoms with E-state index in [1.54, 1.807) is 0 Å². The van der Waals surface area contributed by atoms with Crippen LogP contribution in [0.2, 0.25) is 0 Å². The first-order chi connectivity index (χ1) is 29.8. The average Bonchev–Trinajstić information content (AvgIpc) is 3.25. The molecule has 24 heteroatoms. The summed E-state index contributed by atoms with van der Waals surface area (Å²) in [6, 6.07) is 7.10. The number of hydrogen-bond donors (Lipinski definition) is 14. The van der Waals surface area contributed by atoms with E-state index in [2.05, 4.69) is 0 Å². The lowest BCUT2D eigenvalue weighted by atomic mass is 9.97. The first kappa shape index (κ1) is 47.1. The molecule has 0 saturated carbocycles. The molecule has 24 nitrogen and oxygen atoms in total. The molecule has 4 fully saturated rings. The Hall–Kier alpha value is -3.87. The van der Waals surface area contributed by atoms with E-state index >= 15 is 0 Å². The zero-order chi connectivity index (χ0) is 45.8. The van der Waals surface area contributed by atoms with Gasteiger partial charge in [0.25, 0.3) is 0 Å². The van der Waals surface area contributed by atoms with Gasteiger partial charge in [0.15, 0.2) is 24.4 Å². The molecule has 5 heterocycles. The van der Waals surface area contributed by atoms with Crippen molar-refractivity contribution in [2.75, 3.05) is 13.2 Å². The van der Waals surface area contributed by atoms with Gasteiger partial charge in [0, 0.05) is 17.7 Å². The van der Waals surface area contributed by atoms with Crippen LogP contribution in [0.3, 0.4) is 0 Å². The van der Waals surface area contributed by atoms with Gasteiger partial charge in [0.2, 0.25) is 23.8 Å². The van der Waals surface area contributed by atoms with Gasteiger partial charge >= 0.3 is 0 Å². The number of aromatic hydroxyl groups is 2. The summed E-state index contributed by atoms with van der Waals surface area (Å²) in [5.74, 6) is -2.43. The molecule has 7 rings (SSSR count). The molecule has 2 aromatic carbocycles. The standard InChI is InChI=1S/C39H50O24/c1-11-21(43)26(48)30(52)36(56-11)55-10-19-24(46)29(51)35(63-38-32(54)28(50)23(45)18(9-40)60-38)39(61-19)62-34-25(47)20-16(42)7-15(58-37-31(53)27(49)22(44)12(2)57-37)8-17(20)59-33(34)13-3-5-14(41)6-4-13/h3-8,11-12,18-19,21-24,26-32,35-46,48-54H,9-10H2,1-2H3/t11-,12-,18-,19-,21+,22-,23+,24-,26-,27+,28-,29+,30+,31+,32-,35-,36-,37+,38-,39+/m0/s1. The maximum atomic E-state index is 14.5. The molecule has 4 aliphatic rings. The molecule has 0 radical (unpaired) electrons. The minimum absolute atomic E-state index is 0.0468. The van der Waals surface area contributed by atoms with Crippen molar-refractivity contribution in [3.63, 3.8) is 0 Å². The van der Waals surface area contributed by atoms with Crippen LogP contribution in [0.5, 0.6) is 23.0 Å². The van der Waals surface area contributed by atoms with E-state index in [1.165, 1.54) is 38.1 Å². The zero-order valence-corrected chi connectivity index (χ0v) is 33.3. The molecule has 63 heavy (non-hydrogen) atoms. The van der Waals surface area contributed by atoms with Crippen LogP contribution in [0.4, 0.5) is 0 Å². The van der Waals surface area contributed by atoms with E-state index < -0.39 is 164 Å². The van der Waals surface area contributed by atoms with Crippen molar-refractivity contribution in [3.05, 3.63) is 46.6 Å². The monoisotopic (exact) mass is 902 g/mol. The Balaban J connectivity index is 1.27. The fraction of sp³-hybridized carbons (Fsp3) is 0.615. The molecule has 1 aromatic heterocycles. The Kier molecular flexibility index (Phi) is 14.1. The van der Waals surface area contributed by atoms with Crippen LogP contribution in [-0.4, -0.2) is 208 Å². The molecular weight excluding hydrogens is 852 g/mol. The van der Waals surface area contributed by atoms with E-state index in [-0.39, 0.29) is 22.6 Å². The second-order valence-electron chi connectivity index (χ2n) is 15.7. The highest BCUT2D eigenvalue weighted by molar-refractivity contribution is 5.88. The Morgan fingerprint density at radius 1 is 0.587 bits per heavy atom. The zero-order valence-electron chi connectivity index (χ0n) is 33.3. The number of fused-ring (bicyclic) bond motifs is 1. The number of hydrogen-bond acceptors (Lipinski definition) is 24. The van der Waals surface area contributed by atoms with Crippen LogP contribution in [0.1, 0.15) is 13.8 Å². The summed E-state index contributed by atoms with van der Waals surface area (Å²) in [5, 5.41) is 147. The van der Waals surface area contributed by atoms with Crippen molar-refractivity contribution in [1.29, 1.82) is 0 Å². The van der Waals surface area contributed by atoms with Crippen LogP contribution in [0, 0.1) is 0 Å². The number of aliphatic hydroxyl groups is 12. The lowest BCUT2D eigenvalue weighted by molar-refractivity contribution is -0.362. The highest BCUT2D eigenvalue weighted by atomic mass is 16.8. The summed E-state index contributed by atoms with van der Waals surface area (Å²) in [6.45, 7) is 1.18. The van der Waals surface area contributed by atoms with E-state index in [1.807, 2.05) is 0 Å². The lowest BCUT2D eigenvalue weighted by Gasteiger charge is -2.46. The Labute approximate surface area is 355 Å². The average molecular weight is 903 g/mol. The van der Waals surface area contributed by atoms with Crippen LogP contribution in [0.15, 0.2) is 45.6 Å². The second kappa shape index (κ2) is 18.9. The molecule has 350 valence electrons. The first-order valence-corrected chi connectivity index (χ1v) is 19.8. The Bertz CT molecular complexity index is 2080. The highest BCUT2D eigenvalue weighted by Crippen LogP contribution is 2.40. The molecule has 20 atom stereocenters. The summed E-state index contributed by atoms with van der Waals surface area (Å²) in [7, 11) is 0. The van der Waals surface area contributed by atoms with Gasteiger partial charge in [-0.3, -0.25) is 4.79 Å². The molecule has 0 spiro atoms. The first-order valence-electron chi connectivity index (χ1n) is 19.8. The molecule has 0 unspecified atom stereocenters. The molecule has 14 N–H and O–H groups in total. The summed E-state index contributed by atoms with van der Waals surface area (Å²) in [6.07, 6.45) is -34.3. The number of rotatable bonds is 11. The van der Waals surface area contributed by atoms with Gasteiger partial charge in [0.05, 0.1) is 25.4 Å². The maximum absolute atomic E-state index is 14.5. The van der Waals surface area contributed by atoms with E-state index in [0.29, 0.717) is 0 Å². The maximum Gasteiger partial charge on any atom is 0.239 e. The largest absolute Gasteiger partial charge is 0.508 e. The number of benzene rings is 2. The van der Waals surface area contributed by atoms with Gasteiger partial charge in [-0.2, -0.15) is 0 Å². The van der Waals surface area contributed by atoms with Gasteiger partial charge in [-0.15, -0.1) is 0 Å². The van der Waals surface area contributed by atoms with Crippen LogP contribution < -0.4 is 14.9 Å². The van der Waals surface area contributed by atoms with Gasteiger partial charge in [0.1, 0.15) is 108 Å². The smallest absolute Gasteiger partial charge is 0.239 e. The van der Waals surface area contributed by atoms with Crippen molar-refractivity contribution >= 4 is 11.0 Å². The fourth-order valence-electron chi connectivity index (χ4n) is 7.56. The fourth-order valence-corrected chi connectivity index (χ4v) is 7.56. The second-order valence-corrected chi connectivity index (χ2v) is 15.7. The predicted molar refractivity (Wildman–Crippen MR) is 202 cm³/mol. The SMILES string of the molecule is C[C@@H]1O[C@H](Oc2cc(O)c3c(=O)c(O[C@H]4O[C@@H](CO[C@H]5O[C@@H](C)[C@@H](O)[C@H](O)[C@H]5O)[C@H](O)[C@@H](O)[C@@H]4O[C@@H]4O[C@@H](CO)[C@@H](O)[C@H](O)[C@@H]4O)c(-c4ccc(O)cc4)oc3c2)[C@H](O)[C@H](O)[C@H]1O. The number of phenols is 2. The number of phenolic OH excluding ortho intramolecular Hbond substituents is 2. The topological polar surface area (TPSA) is 387 Å². The Morgan fingerprint density at radius 3 is 1.78 bits per heavy atom. The predicted octanol–water partition coefficient (Wildman–Crippen LogP) is -5.07. The molecule has 3 aromatic rings. The molecule has 0 bridgehead atoms. The van der Waals surface area contributed by atoms with E-state index in [4.69, 9.17) is 42.3 Å². The molecule has 4 saturated heterocycles. The van der Waals surface area contributed by atoms with Crippen molar-refractivity contribution in [2.24, 2.45) is 0 Å². The summed E-state index contributed by atoms with van der Waals surface area (Å²) < 4.78 is 51.7. The third kappa shape index (κ3) is 9.19. The third-order valence-corrected chi connectivity index (χ3v) is 11.3.